The first-order valence-electron chi connectivity index (χ1n) is 11.3. The zero-order valence-electron chi connectivity index (χ0n) is 21.0. The molecule has 1 atom stereocenters. The van der Waals surface area contributed by atoms with Gasteiger partial charge in [0, 0.05) is 16.9 Å². The van der Waals surface area contributed by atoms with Gasteiger partial charge in [0.05, 0.1) is 18.5 Å². The second-order valence-corrected chi connectivity index (χ2v) is 7.66. The Bertz CT molecular complexity index is 979. The van der Waals surface area contributed by atoms with Gasteiger partial charge in [-0.3, -0.25) is 4.79 Å². The Hall–Kier alpha value is -3.20. The van der Waals surface area contributed by atoms with Crippen molar-refractivity contribution in [1.29, 1.82) is 0 Å². The molecule has 0 radical (unpaired) electrons. The van der Waals surface area contributed by atoms with Crippen LogP contribution in [0.25, 0.3) is 0 Å². The molecule has 1 unspecified atom stereocenters. The van der Waals surface area contributed by atoms with E-state index in [2.05, 4.69) is 24.4 Å². The molecule has 0 aliphatic heterocycles. The van der Waals surface area contributed by atoms with Gasteiger partial charge < -0.3 is 14.4 Å². The molecule has 36 heavy (non-hydrogen) atoms. The van der Waals surface area contributed by atoms with Crippen LogP contribution < -0.4 is 4.74 Å². The molecule has 1 heterocycles. The molecule has 0 saturated carbocycles. The van der Waals surface area contributed by atoms with E-state index in [9.17, 15) is 18.0 Å². The summed E-state index contributed by atoms with van der Waals surface area (Å²) in [4.78, 5) is 12.0. The van der Waals surface area contributed by atoms with Crippen molar-refractivity contribution < 1.29 is 32.3 Å². The monoisotopic (exact) mass is 525 g/mol. The van der Waals surface area contributed by atoms with Gasteiger partial charge in [0.2, 0.25) is 0 Å². The van der Waals surface area contributed by atoms with Crippen LogP contribution in [-0.4, -0.2) is 29.0 Å². The number of halogens is 3. The molecule has 2 rings (SSSR count). The number of allylic oxidation sites excluding steroid dienone is 6. The Morgan fingerprint density at radius 2 is 1.89 bits per heavy atom. The summed E-state index contributed by atoms with van der Waals surface area (Å²) in [7, 11) is 0. The molecule has 0 saturated heterocycles. The van der Waals surface area contributed by atoms with Gasteiger partial charge in [-0.15, -0.1) is 19.2 Å². The highest BCUT2D eigenvalue weighted by atomic mass is 32.1. The second-order valence-electron chi connectivity index (χ2n) is 7.09. The number of alkyl halides is 3. The summed E-state index contributed by atoms with van der Waals surface area (Å²) in [5.74, 6) is -0.577. The van der Waals surface area contributed by atoms with Crippen molar-refractivity contribution in [3.63, 3.8) is 0 Å². The summed E-state index contributed by atoms with van der Waals surface area (Å²) in [6, 6.07) is 8.98. The van der Waals surface area contributed by atoms with Gasteiger partial charge in [-0.25, -0.2) is 0 Å². The maximum Gasteiger partial charge on any atom is 0.392 e. The average molecular weight is 526 g/mol. The summed E-state index contributed by atoms with van der Waals surface area (Å²) in [5.41, 5.74) is 2.60. The van der Waals surface area contributed by atoms with Crippen molar-refractivity contribution in [3.05, 3.63) is 95.3 Å². The van der Waals surface area contributed by atoms with Crippen molar-refractivity contribution in [2.75, 3.05) is 6.61 Å². The van der Waals surface area contributed by atoms with Gasteiger partial charge in [-0.05, 0) is 37.6 Å². The maximum atomic E-state index is 11.2. The fourth-order valence-corrected chi connectivity index (χ4v) is 2.69. The second kappa shape index (κ2) is 18.1. The van der Waals surface area contributed by atoms with Gasteiger partial charge in [0.1, 0.15) is 18.6 Å². The van der Waals surface area contributed by atoms with Crippen molar-refractivity contribution in [2.45, 2.75) is 52.6 Å². The number of carbonyl (C=O) groups is 1. The van der Waals surface area contributed by atoms with Crippen molar-refractivity contribution in [3.8, 4) is 5.75 Å². The molecule has 1 N–H and O–H groups in total. The van der Waals surface area contributed by atoms with E-state index in [4.69, 9.17) is 14.4 Å². The lowest BCUT2D eigenvalue weighted by Crippen LogP contribution is -2.08. The van der Waals surface area contributed by atoms with Crippen LogP contribution >= 0.6 is 12.6 Å². The maximum absolute atomic E-state index is 11.2. The van der Waals surface area contributed by atoms with Crippen LogP contribution in [-0.2, 0) is 4.79 Å². The Kier molecular flexibility index (Phi) is 16.5. The molecule has 5 nitrogen and oxygen atoms in total. The van der Waals surface area contributed by atoms with E-state index in [1.54, 1.807) is 6.07 Å². The van der Waals surface area contributed by atoms with Gasteiger partial charge in [0.25, 0.3) is 0 Å². The number of ether oxygens (including phenoxy) is 1. The number of rotatable bonds is 10. The third kappa shape index (κ3) is 14.9. The number of thiol groups is 1. The average Bonchev–Trinajstić information content (AvgIpc) is 3.37. The molecule has 0 bridgehead atoms. The number of benzene rings is 1. The smallest absolute Gasteiger partial charge is 0.392 e. The highest BCUT2D eigenvalue weighted by Gasteiger charge is 2.24. The molecule has 9 heteroatoms. The topological polar surface area (TPSA) is 72.6 Å². The fraction of sp³-hybridized carbons (Fsp3) is 0.333. The molecule has 198 valence electrons. The van der Waals surface area contributed by atoms with E-state index in [0.717, 1.165) is 16.5 Å². The molecular weight excluding hydrogens is 491 g/mol. The summed E-state index contributed by atoms with van der Waals surface area (Å²) >= 11 is 4.40. The molecule has 1 aromatic carbocycles. The normalized spacial score (nSPS) is 12.7. The highest BCUT2D eigenvalue weighted by molar-refractivity contribution is 7.84. The van der Waals surface area contributed by atoms with E-state index in [1.807, 2.05) is 76.3 Å². The predicted octanol–water partition coefficient (Wildman–Crippen LogP) is 8.15. The minimum atomic E-state index is -4.07. The number of carboxylic acids is 1. The Labute approximate surface area is 216 Å². The zero-order chi connectivity index (χ0) is 27.6. The molecule has 0 aliphatic carbocycles. The Balaban J connectivity index is 0.00000117. The van der Waals surface area contributed by atoms with Gasteiger partial charge in [-0.1, -0.05) is 61.0 Å². The molecule has 2 aromatic rings. The number of aromatic nitrogens is 1. The minimum absolute atomic E-state index is 0.0613. The van der Waals surface area contributed by atoms with Crippen LogP contribution in [0.3, 0.4) is 0 Å². The standard InChI is InChI=1S/C21H23NO4S.C4H5F3.C2H6/c1-3-15(2)5-4-6-18(27)14-25-17-9-7-16(8-10-17)19(13-21(23)24)20-11-12-26-22-20;1-2-3-4(5,6)7;1-2/h3-12,19,27H,13-14H2,1-2H3,(H,23,24);2H,1,3H2;1-2H3/b5-4+,15-3+,18-6-;;. The third-order valence-electron chi connectivity index (χ3n) is 4.34. The molecular formula is C27H34F3NO4S. The minimum Gasteiger partial charge on any atom is -0.488 e. The van der Waals surface area contributed by atoms with Crippen LogP contribution in [0.1, 0.15) is 57.7 Å². The molecule has 1 aromatic heterocycles. The van der Waals surface area contributed by atoms with Crippen molar-refractivity contribution in [2.24, 2.45) is 0 Å². The van der Waals surface area contributed by atoms with Crippen LogP contribution in [0, 0.1) is 0 Å². The summed E-state index contributed by atoms with van der Waals surface area (Å²) in [6.07, 6.45) is 5.09. The first-order chi connectivity index (χ1) is 17.1. The molecule has 0 amide bonds. The number of hydrogen-bond donors (Lipinski definition) is 2. The Morgan fingerprint density at radius 3 is 2.33 bits per heavy atom. The van der Waals surface area contributed by atoms with Crippen molar-refractivity contribution >= 4 is 18.6 Å². The zero-order valence-corrected chi connectivity index (χ0v) is 21.9. The predicted molar refractivity (Wildman–Crippen MR) is 140 cm³/mol. The van der Waals surface area contributed by atoms with E-state index >= 15 is 0 Å². The number of aliphatic carboxylic acids is 1. The van der Waals surface area contributed by atoms with Gasteiger partial charge in [0.15, 0.2) is 0 Å². The number of carboxylic acid groups (broad SMARTS) is 1. The summed E-state index contributed by atoms with van der Waals surface area (Å²) < 4.78 is 43.5. The summed E-state index contributed by atoms with van der Waals surface area (Å²) in [5, 5.41) is 13.0. The largest absolute Gasteiger partial charge is 0.488 e. The van der Waals surface area contributed by atoms with Crippen LogP contribution in [0.5, 0.6) is 5.75 Å². The Morgan fingerprint density at radius 1 is 1.25 bits per heavy atom. The van der Waals surface area contributed by atoms with E-state index in [-0.39, 0.29) is 12.3 Å². The van der Waals surface area contributed by atoms with Crippen LogP contribution in [0.2, 0.25) is 0 Å². The fourth-order valence-electron chi connectivity index (χ4n) is 2.54. The molecule has 0 aliphatic rings. The van der Waals surface area contributed by atoms with E-state index in [0.29, 0.717) is 18.1 Å². The number of hydrogen-bond acceptors (Lipinski definition) is 5. The third-order valence-corrected chi connectivity index (χ3v) is 4.62. The lowest BCUT2D eigenvalue weighted by molar-refractivity contribution is -0.137. The SMILES string of the molecule is C/C=C(C)/C=C/C=C(\S)COc1ccc(C(CC(=O)O)c2ccon2)cc1.C=CCC(F)(F)F.CC. The van der Waals surface area contributed by atoms with Crippen LogP contribution in [0.15, 0.2) is 88.6 Å². The van der Waals surface area contributed by atoms with Crippen molar-refractivity contribution in [1.82, 2.24) is 5.16 Å². The molecule has 0 spiro atoms. The van der Waals surface area contributed by atoms with E-state index < -0.39 is 18.6 Å². The van der Waals surface area contributed by atoms with Gasteiger partial charge >= 0.3 is 12.1 Å². The van der Waals surface area contributed by atoms with Gasteiger partial charge in [-0.2, -0.15) is 13.2 Å². The first-order valence-corrected chi connectivity index (χ1v) is 11.7. The molecule has 0 fully saturated rings. The number of nitrogens with zero attached hydrogens (tertiary/aromatic N) is 1. The lowest BCUT2D eigenvalue weighted by Gasteiger charge is -2.13. The highest BCUT2D eigenvalue weighted by Crippen LogP contribution is 2.28. The lowest BCUT2D eigenvalue weighted by atomic mass is 9.92. The van der Waals surface area contributed by atoms with E-state index in [1.165, 1.54) is 11.8 Å². The summed E-state index contributed by atoms with van der Waals surface area (Å²) in [6.45, 7) is 11.3. The van der Waals surface area contributed by atoms with Crippen LogP contribution in [0.4, 0.5) is 13.2 Å². The quantitative estimate of drug-likeness (QED) is 0.186. The first kappa shape index (κ1) is 32.8.